The first kappa shape index (κ1) is 29.8. The van der Waals surface area contributed by atoms with Gasteiger partial charge in [0.15, 0.2) is 0 Å². The molecule has 2 N–H and O–H groups in total. The van der Waals surface area contributed by atoms with Gasteiger partial charge in [-0.3, -0.25) is 4.79 Å². The van der Waals surface area contributed by atoms with Crippen molar-refractivity contribution < 1.29 is 4.79 Å². The van der Waals surface area contributed by atoms with Crippen LogP contribution in [0, 0.1) is 36.5 Å². The van der Waals surface area contributed by atoms with E-state index in [9.17, 15) is 10.1 Å². The fraction of sp³-hybridized carbons (Fsp3) is 0.382. The largest absolute Gasteiger partial charge is 0.370 e. The smallest absolute Gasteiger partial charge is 0.150 e. The predicted octanol–water partition coefficient (Wildman–Crippen LogP) is 4.84. The molecule has 0 bridgehead atoms. The van der Waals surface area contributed by atoms with Crippen molar-refractivity contribution in [1.82, 2.24) is 4.90 Å². The number of carbonyl (C=O) groups is 1. The Bertz CT molecular complexity index is 1440. The molecule has 2 aliphatic heterocycles. The number of hydrogen-bond acceptors (Lipinski definition) is 7. The Balaban J connectivity index is 0.000000218. The minimum atomic E-state index is -0.280. The van der Waals surface area contributed by atoms with Gasteiger partial charge in [-0.1, -0.05) is 30.3 Å². The monoisotopic (exact) mass is 548 g/mol. The minimum Gasteiger partial charge on any atom is -0.370 e. The van der Waals surface area contributed by atoms with Gasteiger partial charge in [0.1, 0.15) is 18.4 Å². The molecule has 2 fully saturated rings. The molecular formula is C34H40N6O. The van der Waals surface area contributed by atoms with Crippen LogP contribution in [0.15, 0.2) is 60.7 Å². The van der Waals surface area contributed by atoms with Crippen LogP contribution in [-0.4, -0.2) is 63.0 Å². The average molecular weight is 549 g/mol. The van der Waals surface area contributed by atoms with Crippen molar-refractivity contribution in [2.24, 2.45) is 5.73 Å². The van der Waals surface area contributed by atoms with Gasteiger partial charge in [-0.2, -0.15) is 10.5 Å². The number of likely N-dealkylation sites (N-methyl/N-ethyl adjacent to an activating group) is 1. The second-order valence-corrected chi connectivity index (χ2v) is 11.3. The Hall–Kier alpha value is -4.17. The van der Waals surface area contributed by atoms with Crippen molar-refractivity contribution in [2.45, 2.75) is 38.6 Å². The van der Waals surface area contributed by atoms with Crippen LogP contribution in [0.3, 0.4) is 0 Å². The second-order valence-electron chi connectivity index (χ2n) is 11.3. The maximum Gasteiger partial charge on any atom is 0.150 e. The highest BCUT2D eigenvalue weighted by atomic mass is 16.1. The van der Waals surface area contributed by atoms with E-state index in [-0.39, 0.29) is 5.54 Å². The fourth-order valence-corrected chi connectivity index (χ4v) is 5.72. The lowest BCUT2D eigenvalue weighted by Crippen LogP contribution is -2.52. The van der Waals surface area contributed by atoms with Gasteiger partial charge in [-0.25, -0.2) is 0 Å². The maximum absolute atomic E-state index is 11.3. The summed E-state index contributed by atoms with van der Waals surface area (Å²) in [5.41, 5.74) is 14.1. The molecule has 5 rings (SSSR count). The molecule has 0 atom stereocenters. The van der Waals surface area contributed by atoms with E-state index >= 15 is 0 Å². The van der Waals surface area contributed by atoms with Gasteiger partial charge in [0.05, 0.1) is 22.5 Å². The summed E-state index contributed by atoms with van der Waals surface area (Å²) in [7, 11) is 2.13. The number of carbonyl (C=O) groups excluding carboxylic acids is 1. The van der Waals surface area contributed by atoms with Crippen LogP contribution < -0.4 is 15.5 Å². The summed E-state index contributed by atoms with van der Waals surface area (Å²) in [5.74, 6) is 0. The number of nitrogens with two attached hydrogens (primary N) is 1. The first-order valence-corrected chi connectivity index (χ1v) is 14.3. The van der Waals surface area contributed by atoms with Crippen molar-refractivity contribution in [2.75, 3.05) is 56.1 Å². The third-order valence-electron chi connectivity index (χ3n) is 8.39. The number of piperidine rings is 1. The molecule has 0 aliphatic carbocycles. The summed E-state index contributed by atoms with van der Waals surface area (Å²) < 4.78 is 0. The van der Waals surface area contributed by atoms with Crippen molar-refractivity contribution in [3.8, 4) is 12.1 Å². The lowest BCUT2D eigenvalue weighted by atomic mass is 9.81. The highest BCUT2D eigenvalue weighted by Gasteiger charge is 2.32. The van der Waals surface area contributed by atoms with Crippen LogP contribution in [0.4, 0.5) is 11.4 Å². The topological polar surface area (TPSA) is 100 Å². The molecule has 2 saturated heterocycles. The molecule has 0 radical (unpaired) electrons. The molecule has 0 saturated carbocycles. The summed E-state index contributed by atoms with van der Waals surface area (Å²) in [6.07, 6.45) is 3.41. The van der Waals surface area contributed by atoms with Crippen LogP contribution in [-0.2, 0) is 6.42 Å². The molecule has 212 valence electrons. The number of hydrogen-bond donors (Lipinski definition) is 1. The van der Waals surface area contributed by atoms with E-state index in [0.717, 1.165) is 98.4 Å². The normalized spacial score (nSPS) is 16.6. The van der Waals surface area contributed by atoms with Crippen molar-refractivity contribution in [1.29, 1.82) is 10.5 Å². The van der Waals surface area contributed by atoms with Gasteiger partial charge in [-0.15, -0.1) is 0 Å². The third-order valence-corrected chi connectivity index (χ3v) is 8.39. The van der Waals surface area contributed by atoms with E-state index in [0.29, 0.717) is 5.56 Å². The predicted molar refractivity (Wildman–Crippen MR) is 165 cm³/mol. The molecule has 0 unspecified atom stereocenters. The van der Waals surface area contributed by atoms with Crippen molar-refractivity contribution in [3.05, 3.63) is 94.0 Å². The highest BCUT2D eigenvalue weighted by Crippen LogP contribution is 2.30. The third kappa shape index (κ3) is 7.32. The van der Waals surface area contributed by atoms with Crippen LogP contribution in [0.5, 0.6) is 0 Å². The number of nitriles is 2. The molecule has 0 aromatic heterocycles. The summed E-state index contributed by atoms with van der Waals surface area (Å²) in [6, 6.07) is 24.1. The van der Waals surface area contributed by atoms with Crippen LogP contribution >= 0.6 is 0 Å². The van der Waals surface area contributed by atoms with Gasteiger partial charge in [0, 0.05) is 50.4 Å². The van der Waals surface area contributed by atoms with E-state index < -0.39 is 0 Å². The Morgan fingerprint density at radius 3 is 1.83 bits per heavy atom. The van der Waals surface area contributed by atoms with Crippen molar-refractivity contribution >= 4 is 17.7 Å². The average Bonchev–Trinajstić information content (AvgIpc) is 2.99. The number of aryl methyl sites for hydroxylation is 2. The molecule has 41 heavy (non-hydrogen) atoms. The van der Waals surface area contributed by atoms with Crippen molar-refractivity contribution in [3.63, 3.8) is 0 Å². The van der Waals surface area contributed by atoms with Crippen LogP contribution in [0.25, 0.3) is 0 Å². The number of piperazine rings is 1. The van der Waals surface area contributed by atoms with E-state index in [4.69, 9.17) is 11.0 Å². The zero-order chi connectivity index (χ0) is 29.4. The molecule has 3 aromatic rings. The van der Waals surface area contributed by atoms with Gasteiger partial charge >= 0.3 is 0 Å². The molecule has 3 aromatic carbocycles. The second kappa shape index (κ2) is 13.5. The molecule has 7 nitrogen and oxygen atoms in total. The Morgan fingerprint density at radius 2 is 1.32 bits per heavy atom. The molecule has 0 spiro atoms. The Labute approximate surface area is 244 Å². The molecule has 7 heteroatoms. The van der Waals surface area contributed by atoms with Gasteiger partial charge in [-0.05, 0) is 87.2 Å². The number of rotatable bonds is 5. The lowest BCUT2D eigenvalue weighted by Gasteiger charge is -2.41. The van der Waals surface area contributed by atoms with E-state index in [1.54, 1.807) is 0 Å². The van der Waals surface area contributed by atoms with E-state index in [1.165, 1.54) is 5.56 Å². The minimum absolute atomic E-state index is 0.280. The Morgan fingerprint density at radius 1 is 0.805 bits per heavy atom. The maximum atomic E-state index is 11.3. The number of benzene rings is 3. The first-order valence-electron chi connectivity index (χ1n) is 14.3. The standard InChI is InChI=1S/C22H25N3O.C12H15N3/c1-16-11-17(2)20(15-26)12-19(16)13-22(24)7-9-25(10-8-22)21-6-4-3-5-18(21)14-23;1-14-6-8-15(9-7-14)12-5-3-2-4-11(12)10-13/h3-6,11-12,15H,7-10,13,24H2,1-2H3;2-5H,6-9H2,1H3. The number of anilines is 2. The van der Waals surface area contributed by atoms with E-state index in [1.807, 2.05) is 61.5 Å². The molecular weight excluding hydrogens is 508 g/mol. The first-order chi connectivity index (χ1) is 19.8. The molecule has 0 amide bonds. The quantitative estimate of drug-likeness (QED) is 0.456. The van der Waals surface area contributed by atoms with E-state index in [2.05, 4.69) is 46.9 Å². The number of aldehydes is 1. The van der Waals surface area contributed by atoms with Gasteiger partial charge in [0.2, 0.25) is 0 Å². The zero-order valence-electron chi connectivity index (χ0n) is 24.4. The summed E-state index contributed by atoms with van der Waals surface area (Å²) in [4.78, 5) is 18.1. The Kier molecular flexibility index (Phi) is 9.78. The highest BCUT2D eigenvalue weighted by molar-refractivity contribution is 5.78. The lowest BCUT2D eigenvalue weighted by molar-refractivity contribution is 0.112. The molecule has 2 aliphatic rings. The zero-order valence-corrected chi connectivity index (χ0v) is 24.4. The number of para-hydroxylation sites is 2. The van der Waals surface area contributed by atoms with Gasteiger partial charge in [0.25, 0.3) is 0 Å². The fourth-order valence-electron chi connectivity index (χ4n) is 5.72. The summed E-state index contributed by atoms with van der Waals surface area (Å²) >= 11 is 0. The van der Waals surface area contributed by atoms with Crippen LogP contribution in [0.1, 0.15) is 51.0 Å². The van der Waals surface area contributed by atoms with Crippen LogP contribution in [0.2, 0.25) is 0 Å². The summed E-state index contributed by atoms with van der Waals surface area (Å²) in [6.45, 7) is 9.87. The van der Waals surface area contributed by atoms with Gasteiger partial charge < -0.3 is 20.4 Å². The SMILES string of the molecule is CN1CCN(c2ccccc2C#N)CC1.Cc1cc(C)c(CC2(N)CCN(c3ccccc3C#N)CC2)cc1C=O. The summed E-state index contributed by atoms with van der Waals surface area (Å²) in [5, 5.41) is 18.3. The number of nitrogens with zero attached hydrogens (tertiary/aromatic N) is 5. The molecule has 2 heterocycles.